The second kappa shape index (κ2) is 8.39. The highest BCUT2D eigenvalue weighted by atomic mass is 35.5. The van der Waals surface area contributed by atoms with E-state index >= 15 is 0 Å². The molecule has 0 aromatic heterocycles. The fourth-order valence-corrected chi connectivity index (χ4v) is 5.05. The summed E-state index contributed by atoms with van der Waals surface area (Å²) in [5.74, 6) is 0.240. The third kappa shape index (κ3) is 4.30. The predicted octanol–water partition coefficient (Wildman–Crippen LogP) is 5.18. The summed E-state index contributed by atoms with van der Waals surface area (Å²) in [6, 6.07) is 13.1. The van der Waals surface area contributed by atoms with E-state index in [1.54, 1.807) is 7.05 Å². The molecule has 1 heterocycles. The van der Waals surface area contributed by atoms with Gasteiger partial charge in [-0.15, -0.1) is 0 Å². The molecular weight excluding hydrogens is 416 g/mol. The van der Waals surface area contributed by atoms with Crippen molar-refractivity contribution in [3.05, 3.63) is 57.5 Å². The van der Waals surface area contributed by atoms with Crippen molar-refractivity contribution >= 4 is 48.2 Å². The molecule has 2 aromatic carbocycles. The maximum absolute atomic E-state index is 13.3. The van der Waals surface area contributed by atoms with Crippen LogP contribution in [0.3, 0.4) is 0 Å². The molecule has 140 valence electrons. The van der Waals surface area contributed by atoms with Crippen molar-refractivity contribution in [3.63, 3.8) is 0 Å². The number of piperazine rings is 1. The molecule has 0 spiro atoms. The summed E-state index contributed by atoms with van der Waals surface area (Å²) in [5.41, 5.74) is 1.15. The highest BCUT2D eigenvalue weighted by Crippen LogP contribution is 2.49. The fourth-order valence-electron chi connectivity index (χ4n) is 2.81. The number of anilines is 1. The molecule has 0 aliphatic carbocycles. The van der Waals surface area contributed by atoms with E-state index in [0.717, 1.165) is 18.8 Å². The van der Waals surface area contributed by atoms with E-state index < -0.39 is 7.67 Å². The van der Waals surface area contributed by atoms with Crippen molar-refractivity contribution in [2.45, 2.75) is 0 Å². The van der Waals surface area contributed by atoms with E-state index in [9.17, 15) is 4.57 Å². The largest absolute Gasteiger partial charge is 0.420 e. The van der Waals surface area contributed by atoms with Crippen LogP contribution >= 0.6 is 42.5 Å². The van der Waals surface area contributed by atoms with Crippen LogP contribution in [0, 0.1) is 0 Å². The van der Waals surface area contributed by atoms with Gasteiger partial charge in [-0.3, -0.25) is 0 Å². The molecule has 1 saturated heterocycles. The fraction of sp³-hybridized carbons (Fsp3) is 0.294. The Morgan fingerprint density at radius 1 is 0.962 bits per heavy atom. The van der Waals surface area contributed by atoms with Gasteiger partial charge in [-0.1, -0.05) is 53.0 Å². The lowest BCUT2D eigenvalue weighted by atomic mass is 10.2. The average molecular weight is 435 g/mol. The molecule has 0 unspecified atom stereocenters. The van der Waals surface area contributed by atoms with Crippen molar-refractivity contribution < 1.29 is 9.09 Å². The number of benzene rings is 2. The zero-order valence-corrected chi connectivity index (χ0v) is 17.3. The first kappa shape index (κ1) is 19.8. The number of nitrogens with one attached hydrogen (secondary N) is 1. The summed E-state index contributed by atoms with van der Waals surface area (Å²) in [6.07, 6.45) is 0. The lowest BCUT2D eigenvalue weighted by Crippen LogP contribution is -2.46. The Morgan fingerprint density at radius 2 is 1.58 bits per heavy atom. The normalized spacial score (nSPS) is 17.8. The zero-order valence-electron chi connectivity index (χ0n) is 14.2. The van der Waals surface area contributed by atoms with Gasteiger partial charge in [-0.2, -0.15) is 0 Å². The monoisotopic (exact) mass is 433 g/mol. The second-order valence-corrected chi connectivity index (χ2v) is 9.27. The minimum atomic E-state index is -3.31. The molecule has 0 radical (unpaired) electrons. The molecule has 1 atom stereocenters. The molecule has 1 aliphatic rings. The quantitative estimate of drug-likeness (QED) is 0.519. The van der Waals surface area contributed by atoms with Crippen LogP contribution in [0.25, 0.3) is 0 Å². The lowest BCUT2D eigenvalue weighted by Gasteiger charge is -2.38. The Morgan fingerprint density at radius 3 is 2.19 bits per heavy atom. The molecule has 1 N–H and O–H groups in total. The summed E-state index contributed by atoms with van der Waals surface area (Å²) < 4.78 is 20.9. The van der Waals surface area contributed by atoms with Crippen LogP contribution in [0.15, 0.2) is 42.5 Å². The average Bonchev–Trinajstić information content (AvgIpc) is 2.67. The minimum Gasteiger partial charge on any atom is -0.420 e. The van der Waals surface area contributed by atoms with Gasteiger partial charge in [-0.05, 0) is 25.2 Å². The van der Waals surface area contributed by atoms with Crippen LogP contribution in [0.4, 0.5) is 5.69 Å². The SMILES string of the molecule is CN[P@@](=O)(Oc1cc(Cl)c(Cl)cc1Cl)N1CCN(c2ccccc2)CC1. The molecule has 5 nitrogen and oxygen atoms in total. The van der Waals surface area contributed by atoms with Gasteiger partial charge in [0.15, 0.2) is 0 Å². The van der Waals surface area contributed by atoms with Gasteiger partial charge < -0.3 is 9.42 Å². The van der Waals surface area contributed by atoms with Crippen LogP contribution in [-0.2, 0) is 4.57 Å². The maximum Gasteiger partial charge on any atom is 0.393 e. The first-order valence-electron chi connectivity index (χ1n) is 8.11. The number of para-hydroxylation sites is 1. The van der Waals surface area contributed by atoms with Crippen molar-refractivity contribution in [3.8, 4) is 5.75 Å². The Labute approximate surface area is 168 Å². The Kier molecular flexibility index (Phi) is 6.39. The Hall–Kier alpha value is -0.940. The molecule has 3 rings (SSSR count). The van der Waals surface area contributed by atoms with Gasteiger partial charge >= 0.3 is 7.67 Å². The van der Waals surface area contributed by atoms with Gasteiger partial charge in [0, 0.05) is 37.9 Å². The predicted molar refractivity (Wildman–Crippen MR) is 109 cm³/mol. The van der Waals surface area contributed by atoms with Crippen LogP contribution < -0.4 is 14.5 Å². The van der Waals surface area contributed by atoms with Crippen LogP contribution in [0.1, 0.15) is 0 Å². The summed E-state index contributed by atoms with van der Waals surface area (Å²) in [7, 11) is -1.70. The first-order valence-corrected chi connectivity index (χ1v) is 10.8. The van der Waals surface area contributed by atoms with Gasteiger partial charge in [0.05, 0.1) is 15.1 Å². The summed E-state index contributed by atoms with van der Waals surface area (Å²) >= 11 is 18.1. The zero-order chi connectivity index (χ0) is 18.7. The number of rotatable bonds is 5. The molecule has 0 bridgehead atoms. The Balaban J connectivity index is 1.73. The number of hydrogen-bond acceptors (Lipinski definition) is 3. The molecule has 2 aromatic rings. The lowest BCUT2D eigenvalue weighted by molar-refractivity contribution is 0.327. The van der Waals surface area contributed by atoms with Gasteiger partial charge in [0.2, 0.25) is 0 Å². The van der Waals surface area contributed by atoms with Crippen LogP contribution in [0.5, 0.6) is 5.75 Å². The van der Waals surface area contributed by atoms with Crippen LogP contribution in [0.2, 0.25) is 15.1 Å². The third-order valence-electron chi connectivity index (χ3n) is 4.23. The van der Waals surface area contributed by atoms with Crippen molar-refractivity contribution in [1.82, 2.24) is 9.76 Å². The standard InChI is InChI=1S/C17H19Cl3N3O2P/c1-21-26(24,25-17-12-15(19)14(18)11-16(17)20)23-9-7-22(8-10-23)13-5-3-2-4-6-13/h2-6,11-12H,7-10H2,1H3,(H,21,24)/t26-/m1/s1. The van der Waals surface area contributed by atoms with Gasteiger partial charge in [0.1, 0.15) is 5.75 Å². The summed E-state index contributed by atoms with van der Waals surface area (Å²) in [5, 5.41) is 3.69. The second-order valence-electron chi connectivity index (χ2n) is 5.81. The van der Waals surface area contributed by atoms with E-state index in [1.807, 2.05) is 22.9 Å². The molecule has 1 fully saturated rings. The van der Waals surface area contributed by atoms with Crippen LogP contribution in [-0.4, -0.2) is 37.9 Å². The molecule has 0 amide bonds. The maximum atomic E-state index is 13.3. The highest BCUT2D eigenvalue weighted by Gasteiger charge is 2.35. The molecule has 0 saturated carbocycles. The van der Waals surface area contributed by atoms with E-state index in [0.29, 0.717) is 23.1 Å². The van der Waals surface area contributed by atoms with Gasteiger partial charge in [0.25, 0.3) is 0 Å². The van der Waals surface area contributed by atoms with Crippen molar-refractivity contribution in [2.24, 2.45) is 0 Å². The Bertz CT molecular complexity index is 814. The molecule has 1 aliphatic heterocycles. The van der Waals surface area contributed by atoms with E-state index in [2.05, 4.69) is 22.1 Å². The number of hydrogen-bond donors (Lipinski definition) is 1. The van der Waals surface area contributed by atoms with Crippen molar-refractivity contribution in [1.29, 1.82) is 0 Å². The molecular formula is C17H19Cl3N3O2P. The van der Waals surface area contributed by atoms with Gasteiger partial charge in [-0.25, -0.2) is 14.3 Å². The topological polar surface area (TPSA) is 44.8 Å². The molecule has 9 heteroatoms. The highest BCUT2D eigenvalue weighted by molar-refractivity contribution is 7.54. The number of halogens is 3. The number of nitrogens with zero attached hydrogens (tertiary/aromatic N) is 2. The molecule has 26 heavy (non-hydrogen) atoms. The summed E-state index contributed by atoms with van der Waals surface area (Å²) in [6.45, 7) is 2.67. The van der Waals surface area contributed by atoms with E-state index in [4.69, 9.17) is 39.3 Å². The first-order chi connectivity index (χ1) is 12.4. The minimum absolute atomic E-state index is 0.240. The smallest absolute Gasteiger partial charge is 0.393 e. The van der Waals surface area contributed by atoms with E-state index in [1.165, 1.54) is 12.1 Å². The van der Waals surface area contributed by atoms with Crippen molar-refractivity contribution in [2.75, 3.05) is 38.1 Å². The third-order valence-corrected chi connectivity index (χ3v) is 7.40. The van der Waals surface area contributed by atoms with E-state index in [-0.39, 0.29) is 10.8 Å². The summed E-state index contributed by atoms with van der Waals surface area (Å²) in [4.78, 5) is 2.25.